The van der Waals surface area contributed by atoms with Crippen LogP contribution in [-0.4, -0.2) is 65.2 Å². The first-order valence-electron chi connectivity index (χ1n) is 13.3. The maximum Gasteiger partial charge on any atom is 0.157 e. The van der Waals surface area contributed by atoms with Crippen molar-refractivity contribution in [2.24, 2.45) is 0 Å². The van der Waals surface area contributed by atoms with Gasteiger partial charge in [-0.05, 0) is 18.3 Å². The third kappa shape index (κ3) is 24.7. The lowest BCUT2D eigenvalue weighted by atomic mass is 10.0. The van der Waals surface area contributed by atoms with Gasteiger partial charge in [0.25, 0.3) is 0 Å². The van der Waals surface area contributed by atoms with Crippen molar-refractivity contribution in [3.63, 3.8) is 0 Å². The van der Waals surface area contributed by atoms with E-state index in [0.29, 0.717) is 24.2 Å². The van der Waals surface area contributed by atoms with Crippen molar-refractivity contribution in [3.05, 3.63) is 11.9 Å². The van der Waals surface area contributed by atoms with Crippen LogP contribution in [0.5, 0.6) is 0 Å². The third-order valence-electron chi connectivity index (χ3n) is 5.74. The molecule has 0 rings (SSSR count). The molecule has 0 fully saturated rings. The van der Waals surface area contributed by atoms with Crippen LogP contribution in [0, 0.1) is 0 Å². The summed E-state index contributed by atoms with van der Waals surface area (Å²) in [7, 11) is 3.53. The fraction of sp³-hybridized carbons (Fsp3) is 0.923. The molecule has 0 aromatic heterocycles. The lowest BCUT2D eigenvalue weighted by molar-refractivity contribution is -0.870. The van der Waals surface area contributed by atoms with Gasteiger partial charge in [0, 0.05) is 13.7 Å². The molecule has 7 heteroatoms. The van der Waals surface area contributed by atoms with Gasteiger partial charge in [0.05, 0.1) is 33.9 Å². The van der Waals surface area contributed by atoms with Crippen molar-refractivity contribution in [2.45, 2.75) is 103 Å². The molecule has 0 aliphatic carbocycles. The normalized spacial score (nSPS) is 15.2. The number of hydrogen-bond acceptors (Lipinski definition) is 5. The zero-order chi connectivity index (χ0) is 24.8. The molecular formula is C26H54NO5P. The quantitative estimate of drug-likeness (QED) is 0.0902. The molecule has 0 radical (unpaired) electrons. The third-order valence-corrected chi connectivity index (χ3v) is 6.82. The molecule has 0 saturated carbocycles. The van der Waals surface area contributed by atoms with E-state index in [0.717, 1.165) is 12.2 Å². The van der Waals surface area contributed by atoms with Gasteiger partial charge in [0.15, 0.2) is 7.60 Å². The van der Waals surface area contributed by atoms with Gasteiger partial charge in [-0.1, -0.05) is 90.4 Å². The summed E-state index contributed by atoms with van der Waals surface area (Å²) >= 11 is 0. The Balaban J connectivity index is 3.62. The molecular weight excluding hydrogens is 437 g/mol. The van der Waals surface area contributed by atoms with Gasteiger partial charge in [0.1, 0.15) is 13.2 Å². The Morgan fingerprint density at radius 3 is 1.76 bits per heavy atom. The average molecular weight is 492 g/mol. The summed E-state index contributed by atoms with van der Waals surface area (Å²) in [6.07, 6.45) is 19.8. The fourth-order valence-corrected chi connectivity index (χ4v) is 4.31. The Morgan fingerprint density at radius 1 is 0.818 bits per heavy atom. The first kappa shape index (κ1) is 32.8. The maximum absolute atomic E-state index is 12.0. The van der Waals surface area contributed by atoms with Crippen LogP contribution in [0.15, 0.2) is 11.9 Å². The Hall–Kier alpha value is -0.230. The lowest BCUT2D eigenvalue weighted by Crippen LogP contribution is -2.37. The van der Waals surface area contributed by atoms with Crippen molar-refractivity contribution in [1.29, 1.82) is 0 Å². The number of hydrogen-bond donors (Lipinski definition) is 0. The predicted molar refractivity (Wildman–Crippen MR) is 138 cm³/mol. The van der Waals surface area contributed by atoms with Crippen molar-refractivity contribution in [3.8, 4) is 0 Å². The number of likely N-dealkylation sites (N-methyl/N-ethyl adjacent to an activating group) is 1. The van der Waals surface area contributed by atoms with Crippen LogP contribution >= 0.6 is 7.60 Å². The summed E-state index contributed by atoms with van der Waals surface area (Å²) in [5.74, 6) is 1.10. The Kier molecular flexibility index (Phi) is 20.9. The monoisotopic (exact) mass is 491 g/mol. The van der Waals surface area contributed by atoms with Crippen LogP contribution in [-0.2, 0) is 18.6 Å². The van der Waals surface area contributed by atoms with Gasteiger partial charge in [0.2, 0.25) is 0 Å². The number of quaternary nitrogens is 1. The van der Waals surface area contributed by atoms with Gasteiger partial charge in [-0.3, -0.25) is 0 Å². The summed E-state index contributed by atoms with van der Waals surface area (Å²) in [4.78, 5) is 12.0. The van der Waals surface area contributed by atoms with Crippen molar-refractivity contribution >= 4 is 7.60 Å². The van der Waals surface area contributed by atoms with Gasteiger partial charge >= 0.3 is 0 Å². The summed E-state index contributed by atoms with van der Waals surface area (Å²) in [6, 6.07) is 0. The molecule has 0 bridgehead atoms. The molecule has 0 aromatic carbocycles. The summed E-state index contributed by atoms with van der Waals surface area (Å²) in [6.45, 7) is 4.09. The highest BCUT2D eigenvalue weighted by Crippen LogP contribution is 2.38. The molecule has 0 saturated heterocycles. The topological polar surface area (TPSA) is 67.8 Å². The lowest BCUT2D eigenvalue weighted by Gasteiger charge is -2.26. The predicted octanol–water partition coefficient (Wildman–Crippen LogP) is 6.29. The highest BCUT2D eigenvalue weighted by Gasteiger charge is 2.11. The van der Waals surface area contributed by atoms with E-state index in [1.54, 1.807) is 7.11 Å². The summed E-state index contributed by atoms with van der Waals surface area (Å²) in [5, 5.41) is 0. The number of methoxy groups -OCH3 is 1. The maximum atomic E-state index is 12.0. The molecule has 198 valence electrons. The van der Waals surface area contributed by atoms with E-state index < -0.39 is 7.60 Å². The van der Waals surface area contributed by atoms with Gasteiger partial charge in [-0.15, -0.1) is 0 Å². The minimum absolute atomic E-state index is 0.169. The smallest absolute Gasteiger partial charge is 0.157 e. The summed E-state index contributed by atoms with van der Waals surface area (Å²) in [5.41, 5.74) is 0. The Morgan fingerprint density at radius 2 is 1.30 bits per heavy atom. The number of nitrogens with zero attached hydrogens (tertiary/aromatic N) is 1. The van der Waals surface area contributed by atoms with Crippen LogP contribution in [0.25, 0.3) is 0 Å². The highest BCUT2D eigenvalue weighted by molar-refractivity contribution is 7.54. The van der Waals surface area contributed by atoms with Crippen LogP contribution in [0.4, 0.5) is 0 Å². The Labute approximate surface area is 205 Å². The highest BCUT2D eigenvalue weighted by atomic mass is 31.2. The van der Waals surface area contributed by atoms with Crippen molar-refractivity contribution in [2.75, 3.05) is 54.6 Å². The SMILES string of the molecule is CCCCCCCCCCCCCCCCOC[C@H](C=CP(=O)([O-])OCC[N+](C)(C)C)OC. The second-order valence-electron chi connectivity index (χ2n) is 10.2. The minimum atomic E-state index is -4.00. The first-order chi connectivity index (χ1) is 15.7. The van der Waals surface area contributed by atoms with E-state index in [4.69, 9.17) is 14.0 Å². The molecule has 0 aromatic rings. The van der Waals surface area contributed by atoms with Gasteiger partial charge in [-0.2, -0.15) is 0 Å². The summed E-state index contributed by atoms with van der Waals surface area (Å²) < 4.78 is 28.6. The van der Waals surface area contributed by atoms with Crippen LogP contribution in [0.2, 0.25) is 0 Å². The molecule has 0 aliphatic rings. The minimum Gasteiger partial charge on any atom is -0.775 e. The molecule has 0 amide bonds. The average Bonchev–Trinajstić information content (AvgIpc) is 2.74. The van der Waals surface area contributed by atoms with Crippen molar-refractivity contribution < 1.29 is 27.9 Å². The largest absolute Gasteiger partial charge is 0.775 e. The number of unbranched alkanes of at least 4 members (excludes halogenated alkanes) is 13. The Bertz CT molecular complexity index is 507. The molecule has 33 heavy (non-hydrogen) atoms. The molecule has 0 heterocycles. The molecule has 6 nitrogen and oxygen atoms in total. The van der Waals surface area contributed by atoms with Crippen LogP contribution < -0.4 is 4.89 Å². The first-order valence-corrected chi connectivity index (χ1v) is 14.9. The van der Waals surface area contributed by atoms with Crippen LogP contribution in [0.1, 0.15) is 96.8 Å². The molecule has 0 N–H and O–H groups in total. The zero-order valence-corrected chi connectivity index (χ0v) is 23.3. The van der Waals surface area contributed by atoms with E-state index in [2.05, 4.69) is 6.92 Å². The molecule has 1 unspecified atom stereocenters. The fourth-order valence-electron chi connectivity index (χ4n) is 3.49. The number of ether oxygens (including phenoxy) is 2. The van der Waals surface area contributed by atoms with Crippen molar-refractivity contribution in [1.82, 2.24) is 0 Å². The molecule has 0 aliphatic heterocycles. The standard InChI is InChI=1S/C26H54NO5P/c1-6-7-8-9-10-11-12-13-14-15-16-17-18-19-22-31-25-26(30-5)20-24-33(28,29)32-23-21-27(2,3)4/h20,24,26H,6-19,21-23,25H2,1-5H3/t26-/m0/s1. The van der Waals surface area contributed by atoms with E-state index in [9.17, 15) is 9.46 Å². The number of rotatable bonds is 24. The van der Waals surface area contributed by atoms with E-state index >= 15 is 0 Å². The van der Waals surface area contributed by atoms with E-state index in [-0.39, 0.29) is 12.7 Å². The van der Waals surface area contributed by atoms with E-state index in [1.165, 1.54) is 89.5 Å². The zero-order valence-electron chi connectivity index (χ0n) is 22.4. The van der Waals surface area contributed by atoms with E-state index in [1.807, 2.05) is 21.1 Å². The van der Waals surface area contributed by atoms with Gasteiger partial charge in [-0.25, -0.2) is 0 Å². The molecule has 0 spiro atoms. The second kappa shape index (κ2) is 21.1. The van der Waals surface area contributed by atoms with Crippen LogP contribution in [0.3, 0.4) is 0 Å². The molecule has 2 atom stereocenters. The van der Waals surface area contributed by atoms with Gasteiger partial charge < -0.3 is 27.9 Å². The second-order valence-corrected chi connectivity index (χ2v) is 11.8.